The molecule has 2 aromatic carbocycles. The van der Waals surface area contributed by atoms with Crippen molar-refractivity contribution in [3.05, 3.63) is 69.2 Å². The summed E-state index contributed by atoms with van der Waals surface area (Å²) < 4.78 is 0. The van der Waals surface area contributed by atoms with Crippen LogP contribution >= 0.6 is 23.2 Å². The molecule has 1 N–H and O–H groups in total. The fraction of sp³-hybridized carbons (Fsp3) is 0.118. The van der Waals surface area contributed by atoms with Gasteiger partial charge in [-0.05, 0) is 60.9 Å². The molecule has 0 atom stereocenters. The van der Waals surface area contributed by atoms with Gasteiger partial charge in [-0.25, -0.2) is 0 Å². The van der Waals surface area contributed by atoms with E-state index in [2.05, 4.69) is 5.32 Å². The smallest absolute Gasteiger partial charge is 0.248 e. The Kier molecular flexibility index (Phi) is 5.05. The number of aryl methyl sites for hydroxylation is 2. The first kappa shape index (κ1) is 15.6. The third-order valence-electron chi connectivity index (χ3n) is 3.15. The Bertz CT molecular complexity index is 708. The number of benzene rings is 2. The first-order chi connectivity index (χ1) is 9.95. The van der Waals surface area contributed by atoms with Gasteiger partial charge in [0.25, 0.3) is 0 Å². The van der Waals surface area contributed by atoms with Crippen molar-refractivity contribution in [2.45, 2.75) is 13.8 Å². The van der Waals surface area contributed by atoms with Gasteiger partial charge in [0.05, 0.1) is 10.0 Å². The Morgan fingerprint density at radius 3 is 2.43 bits per heavy atom. The minimum Gasteiger partial charge on any atom is -0.323 e. The highest BCUT2D eigenvalue weighted by Gasteiger charge is 2.01. The van der Waals surface area contributed by atoms with Crippen LogP contribution in [0.25, 0.3) is 6.08 Å². The van der Waals surface area contributed by atoms with E-state index in [4.69, 9.17) is 23.2 Å². The Labute approximate surface area is 134 Å². The highest BCUT2D eigenvalue weighted by atomic mass is 35.5. The van der Waals surface area contributed by atoms with E-state index in [0.717, 1.165) is 16.8 Å². The van der Waals surface area contributed by atoms with Gasteiger partial charge in [-0.3, -0.25) is 4.79 Å². The maximum atomic E-state index is 11.9. The summed E-state index contributed by atoms with van der Waals surface area (Å²) in [6.07, 6.45) is 3.16. The Morgan fingerprint density at radius 1 is 1.00 bits per heavy atom. The molecular weight excluding hydrogens is 305 g/mol. The standard InChI is InChI=1S/C17H15Cl2NO/c1-11-3-6-14(9-12(11)2)20-17(21)8-5-13-4-7-15(18)16(19)10-13/h3-10H,1-2H3,(H,20,21). The van der Waals surface area contributed by atoms with E-state index in [0.29, 0.717) is 10.0 Å². The molecule has 0 aliphatic rings. The van der Waals surface area contributed by atoms with E-state index < -0.39 is 0 Å². The molecule has 0 fully saturated rings. The van der Waals surface area contributed by atoms with Crippen molar-refractivity contribution in [1.82, 2.24) is 0 Å². The molecule has 0 aliphatic heterocycles. The fourth-order valence-corrected chi connectivity index (χ4v) is 2.10. The molecule has 2 aromatic rings. The molecule has 2 rings (SSSR count). The third-order valence-corrected chi connectivity index (χ3v) is 3.88. The van der Waals surface area contributed by atoms with Gasteiger partial charge in [0, 0.05) is 11.8 Å². The highest BCUT2D eigenvalue weighted by molar-refractivity contribution is 6.42. The van der Waals surface area contributed by atoms with E-state index in [9.17, 15) is 4.79 Å². The van der Waals surface area contributed by atoms with Crippen LogP contribution in [-0.4, -0.2) is 5.91 Å². The van der Waals surface area contributed by atoms with E-state index in [1.807, 2.05) is 32.0 Å². The monoisotopic (exact) mass is 319 g/mol. The van der Waals surface area contributed by atoms with Crippen LogP contribution in [0.2, 0.25) is 10.0 Å². The van der Waals surface area contributed by atoms with Gasteiger partial charge in [-0.15, -0.1) is 0 Å². The second-order valence-electron chi connectivity index (χ2n) is 4.80. The number of anilines is 1. The van der Waals surface area contributed by atoms with Crippen LogP contribution in [0.1, 0.15) is 16.7 Å². The molecule has 0 aromatic heterocycles. The summed E-state index contributed by atoms with van der Waals surface area (Å²) >= 11 is 11.8. The molecule has 108 valence electrons. The summed E-state index contributed by atoms with van der Waals surface area (Å²) in [5, 5.41) is 3.78. The number of halogens is 2. The number of rotatable bonds is 3. The van der Waals surface area contributed by atoms with Crippen LogP contribution in [0.4, 0.5) is 5.69 Å². The lowest BCUT2D eigenvalue weighted by molar-refractivity contribution is -0.111. The lowest BCUT2D eigenvalue weighted by Gasteiger charge is -2.05. The van der Waals surface area contributed by atoms with Crippen molar-refractivity contribution in [3.63, 3.8) is 0 Å². The zero-order valence-electron chi connectivity index (χ0n) is 11.8. The van der Waals surface area contributed by atoms with Crippen LogP contribution in [0, 0.1) is 13.8 Å². The molecule has 1 amide bonds. The lowest BCUT2D eigenvalue weighted by Crippen LogP contribution is -2.07. The zero-order valence-corrected chi connectivity index (χ0v) is 13.3. The lowest BCUT2D eigenvalue weighted by atomic mass is 10.1. The quantitative estimate of drug-likeness (QED) is 0.768. The van der Waals surface area contributed by atoms with Gasteiger partial charge < -0.3 is 5.32 Å². The molecule has 0 bridgehead atoms. The van der Waals surface area contributed by atoms with Crippen molar-refractivity contribution in [2.75, 3.05) is 5.32 Å². The fourth-order valence-electron chi connectivity index (χ4n) is 1.79. The van der Waals surface area contributed by atoms with Crippen LogP contribution in [0.15, 0.2) is 42.5 Å². The summed E-state index contributed by atoms with van der Waals surface area (Å²) in [7, 11) is 0. The summed E-state index contributed by atoms with van der Waals surface area (Å²) in [6, 6.07) is 11.0. The molecule has 0 aliphatic carbocycles. The average molecular weight is 320 g/mol. The molecule has 0 radical (unpaired) electrons. The van der Waals surface area contributed by atoms with Crippen LogP contribution in [-0.2, 0) is 4.79 Å². The zero-order chi connectivity index (χ0) is 15.4. The summed E-state index contributed by atoms with van der Waals surface area (Å²) in [5.41, 5.74) is 3.93. The molecule has 0 saturated heterocycles. The van der Waals surface area contributed by atoms with Crippen molar-refractivity contribution in [1.29, 1.82) is 0 Å². The van der Waals surface area contributed by atoms with Gasteiger partial charge in [0.2, 0.25) is 5.91 Å². The predicted molar refractivity (Wildman–Crippen MR) is 90.0 cm³/mol. The van der Waals surface area contributed by atoms with Gasteiger partial charge >= 0.3 is 0 Å². The molecule has 21 heavy (non-hydrogen) atoms. The summed E-state index contributed by atoms with van der Waals surface area (Å²) in [5.74, 6) is -0.190. The molecule has 0 spiro atoms. The maximum absolute atomic E-state index is 11.9. The van der Waals surface area contributed by atoms with Gasteiger partial charge in [-0.1, -0.05) is 35.3 Å². The highest BCUT2D eigenvalue weighted by Crippen LogP contribution is 2.23. The second kappa shape index (κ2) is 6.79. The Balaban J connectivity index is 2.05. The number of carbonyl (C=O) groups is 1. The Hall–Kier alpha value is -1.77. The van der Waals surface area contributed by atoms with Crippen molar-refractivity contribution < 1.29 is 4.79 Å². The van der Waals surface area contributed by atoms with Crippen LogP contribution in [0.5, 0.6) is 0 Å². The van der Waals surface area contributed by atoms with Gasteiger partial charge in [0.1, 0.15) is 0 Å². The number of nitrogens with one attached hydrogen (secondary N) is 1. The Morgan fingerprint density at radius 2 is 1.76 bits per heavy atom. The second-order valence-corrected chi connectivity index (χ2v) is 5.61. The number of carbonyl (C=O) groups excluding carboxylic acids is 1. The molecule has 4 heteroatoms. The average Bonchev–Trinajstić information content (AvgIpc) is 2.44. The van der Waals surface area contributed by atoms with Crippen molar-refractivity contribution in [2.24, 2.45) is 0 Å². The van der Waals surface area contributed by atoms with Crippen LogP contribution < -0.4 is 5.32 Å². The number of hydrogen-bond donors (Lipinski definition) is 1. The molecule has 0 saturated carbocycles. The third kappa shape index (κ3) is 4.35. The molecular formula is C17H15Cl2NO. The maximum Gasteiger partial charge on any atom is 0.248 e. The molecule has 2 nitrogen and oxygen atoms in total. The van der Waals surface area contributed by atoms with E-state index in [1.165, 1.54) is 11.6 Å². The summed E-state index contributed by atoms with van der Waals surface area (Å²) in [4.78, 5) is 11.9. The predicted octanol–water partition coefficient (Wildman–Crippen LogP) is 5.26. The van der Waals surface area contributed by atoms with E-state index in [-0.39, 0.29) is 5.91 Å². The minimum atomic E-state index is -0.190. The molecule has 0 heterocycles. The largest absolute Gasteiger partial charge is 0.323 e. The SMILES string of the molecule is Cc1ccc(NC(=O)C=Cc2ccc(Cl)c(Cl)c2)cc1C. The summed E-state index contributed by atoms with van der Waals surface area (Å²) in [6.45, 7) is 4.04. The topological polar surface area (TPSA) is 29.1 Å². The normalized spacial score (nSPS) is 10.9. The van der Waals surface area contributed by atoms with Crippen molar-refractivity contribution >= 4 is 40.9 Å². The molecule has 0 unspecified atom stereocenters. The number of hydrogen-bond acceptors (Lipinski definition) is 1. The first-order valence-corrected chi connectivity index (χ1v) is 7.22. The van der Waals surface area contributed by atoms with Crippen LogP contribution in [0.3, 0.4) is 0 Å². The van der Waals surface area contributed by atoms with E-state index in [1.54, 1.807) is 24.3 Å². The van der Waals surface area contributed by atoms with Gasteiger partial charge in [0.15, 0.2) is 0 Å². The van der Waals surface area contributed by atoms with E-state index >= 15 is 0 Å². The minimum absolute atomic E-state index is 0.190. The van der Waals surface area contributed by atoms with Gasteiger partial charge in [-0.2, -0.15) is 0 Å². The first-order valence-electron chi connectivity index (χ1n) is 6.47. The van der Waals surface area contributed by atoms with Crippen molar-refractivity contribution in [3.8, 4) is 0 Å². The number of amides is 1.